The second-order valence-electron chi connectivity index (χ2n) is 6.06. The summed E-state index contributed by atoms with van der Waals surface area (Å²) in [5.74, 6) is 0.183. The van der Waals surface area contributed by atoms with Crippen molar-refractivity contribution < 1.29 is 10.2 Å². The first-order valence-electron chi connectivity index (χ1n) is 8.33. The van der Waals surface area contributed by atoms with Crippen molar-refractivity contribution in [3.63, 3.8) is 0 Å². The van der Waals surface area contributed by atoms with E-state index in [1.807, 2.05) is 44.2 Å². The van der Waals surface area contributed by atoms with Crippen LogP contribution in [0.25, 0.3) is 0 Å². The van der Waals surface area contributed by atoms with Crippen molar-refractivity contribution in [1.82, 2.24) is 5.32 Å². The predicted octanol–water partition coefficient (Wildman–Crippen LogP) is 3.09. The van der Waals surface area contributed by atoms with Crippen LogP contribution in [0.4, 0.5) is 0 Å². The number of allylic oxidation sites excluding steroid dienone is 1. The van der Waals surface area contributed by atoms with Gasteiger partial charge in [0.2, 0.25) is 0 Å². The lowest BCUT2D eigenvalue weighted by molar-refractivity contribution is 0.0398. The van der Waals surface area contributed by atoms with Crippen molar-refractivity contribution in [2.45, 2.75) is 51.7 Å². The summed E-state index contributed by atoms with van der Waals surface area (Å²) in [5.41, 5.74) is 1.11. The molecule has 0 aliphatic rings. The van der Waals surface area contributed by atoms with Crippen LogP contribution in [-0.4, -0.2) is 35.5 Å². The van der Waals surface area contributed by atoms with Gasteiger partial charge < -0.3 is 15.5 Å². The van der Waals surface area contributed by atoms with Crippen LogP contribution >= 0.6 is 0 Å². The molecule has 0 heterocycles. The summed E-state index contributed by atoms with van der Waals surface area (Å²) in [5, 5.41) is 23.8. The molecule has 0 aromatic heterocycles. The van der Waals surface area contributed by atoms with Crippen molar-refractivity contribution in [2.24, 2.45) is 5.92 Å². The highest BCUT2D eigenvalue weighted by atomic mass is 16.3. The van der Waals surface area contributed by atoms with E-state index in [-0.39, 0.29) is 11.8 Å². The van der Waals surface area contributed by atoms with Gasteiger partial charge in [0.15, 0.2) is 0 Å². The molecular weight excluding hydrogens is 274 g/mol. The maximum Gasteiger partial charge on any atom is 0.0630 e. The number of aliphatic hydroxyl groups is 2. The lowest BCUT2D eigenvalue weighted by Gasteiger charge is -2.25. The molecule has 22 heavy (non-hydrogen) atoms. The third-order valence-corrected chi connectivity index (χ3v) is 4.23. The van der Waals surface area contributed by atoms with Crippen molar-refractivity contribution >= 4 is 0 Å². The molecule has 1 aromatic rings. The van der Waals surface area contributed by atoms with Crippen LogP contribution in [0, 0.1) is 5.92 Å². The first-order valence-corrected chi connectivity index (χ1v) is 8.33. The Hall–Kier alpha value is -1.16. The minimum Gasteiger partial charge on any atom is -0.393 e. The van der Waals surface area contributed by atoms with E-state index >= 15 is 0 Å². The molecule has 124 valence electrons. The van der Waals surface area contributed by atoms with Gasteiger partial charge in [-0.2, -0.15) is 0 Å². The molecule has 0 saturated carbocycles. The SMILES string of the molecule is CCNC/C=C\C[C@H](C)[C@@H](O)C[C@@H](O)C(C)c1ccccc1. The summed E-state index contributed by atoms with van der Waals surface area (Å²) in [6.07, 6.45) is 4.44. The lowest BCUT2D eigenvalue weighted by Crippen LogP contribution is -2.27. The van der Waals surface area contributed by atoms with Crippen LogP contribution in [0.15, 0.2) is 42.5 Å². The number of likely N-dealkylation sites (N-methyl/N-ethyl adjacent to an activating group) is 1. The van der Waals surface area contributed by atoms with Crippen molar-refractivity contribution in [1.29, 1.82) is 0 Å². The Morgan fingerprint density at radius 3 is 2.36 bits per heavy atom. The van der Waals surface area contributed by atoms with Gasteiger partial charge in [0.25, 0.3) is 0 Å². The average molecular weight is 305 g/mol. The number of benzene rings is 1. The minimum atomic E-state index is -0.523. The van der Waals surface area contributed by atoms with Gasteiger partial charge in [-0.05, 0) is 24.4 Å². The number of aliphatic hydroxyl groups excluding tert-OH is 2. The highest BCUT2D eigenvalue weighted by molar-refractivity contribution is 5.19. The first kappa shape index (κ1) is 18.9. The number of hydrogen-bond acceptors (Lipinski definition) is 3. The molecule has 0 saturated heterocycles. The molecular formula is C19H31NO2. The van der Waals surface area contributed by atoms with Gasteiger partial charge in [-0.3, -0.25) is 0 Å². The summed E-state index contributed by atoms with van der Waals surface area (Å²) >= 11 is 0. The van der Waals surface area contributed by atoms with Crippen molar-refractivity contribution in [3.05, 3.63) is 48.0 Å². The zero-order chi connectivity index (χ0) is 16.4. The van der Waals surface area contributed by atoms with E-state index < -0.39 is 12.2 Å². The Morgan fingerprint density at radius 2 is 1.73 bits per heavy atom. The van der Waals surface area contributed by atoms with E-state index in [9.17, 15) is 10.2 Å². The molecule has 1 unspecified atom stereocenters. The molecule has 0 aliphatic carbocycles. The summed E-state index contributed by atoms with van der Waals surface area (Å²) in [6.45, 7) is 7.95. The summed E-state index contributed by atoms with van der Waals surface area (Å²) < 4.78 is 0. The molecule has 4 atom stereocenters. The fraction of sp³-hybridized carbons (Fsp3) is 0.579. The van der Waals surface area contributed by atoms with Gasteiger partial charge in [-0.25, -0.2) is 0 Å². The Kier molecular flexibility index (Phi) is 9.05. The highest BCUT2D eigenvalue weighted by Gasteiger charge is 2.22. The Balaban J connectivity index is 2.39. The molecule has 0 radical (unpaired) electrons. The fourth-order valence-corrected chi connectivity index (χ4v) is 2.44. The Bertz CT molecular complexity index is 419. The smallest absolute Gasteiger partial charge is 0.0630 e. The summed E-state index contributed by atoms with van der Waals surface area (Å²) in [6, 6.07) is 9.97. The Labute approximate surface area is 135 Å². The molecule has 0 aliphatic heterocycles. The third-order valence-electron chi connectivity index (χ3n) is 4.23. The van der Waals surface area contributed by atoms with Gasteiger partial charge in [-0.1, -0.05) is 63.3 Å². The average Bonchev–Trinajstić information content (AvgIpc) is 2.54. The van der Waals surface area contributed by atoms with Crippen LogP contribution in [0.5, 0.6) is 0 Å². The largest absolute Gasteiger partial charge is 0.393 e. The van der Waals surface area contributed by atoms with E-state index in [0.717, 1.165) is 25.1 Å². The van der Waals surface area contributed by atoms with E-state index in [0.29, 0.717) is 6.42 Å². The van der Waals surface area contributed by atoms with Crippen LogP contribution in [0.2, 0.25) is 0 Å². The third kappa shape index (κ3) is 6.73. The maximum absolute atomic E-state index is 10.3. The first-order chi connectivity index (χ1) is 10.6. The molecule has 3 nitrogen and oxygen atoms in total. The predicted molar refractivity (Wildman–Crippen MR) is 93.0 cm³/mol. The Morgan fingerprint density at radius 1 is 1.05 bits per heavy atom. The zero-order valence-electron chi connectivity index (χ0n) is 14.1. The standard InChI is InChI=1S/C19H31NO2/c1-4-20-13-9-8-10-15(2)18(21)14-19(22)16(3)17-11-6-5-7-12-17/h5-9,11-12,15-16,18-22H,4,10,13-14H2,1-3H3/b9-8-/t15-,16?,18-,19+/m0/s1. The second-order valence-corrected chi connectivity index (χ2v) is 6.06. The second kappa shape index (κ2) is 10.5. The van der Waals surface area contributed by atoms with E-state index in [2.05, 4.69) is 24.4 Å². The molecule has 0 bridgehead atoms. The monoisotopic (exact) mass is 305 g/mol. The van der Waals surface area contributed by atoms with Gasteiger partial charge in [0.05, 0.1) is 12.2 Å². The van der Waals surface area contributed by atoms with Crippen LogP contribution < -0.4 is 5.32 Å². The molecule has 1 aromatic carbocycles. The molecule has 3 heteroatoms. The summed E-state index contributed by atoms with van der Waals surface area (Å²) in [4.78, 5) is 0. The molecule has 1 rings (SSSR count). The molecule has 3 N–H and O–H groups in total. The van der Waals surface area contributed by atoms with Gasteiger partial charge in [-0.15, -0.1) is 0 Å². The van der Waals surface area contributed by atoms with Gasteiger partial charge in [0, 0.05) is 18.9 Å². The van der Waals surface area contributed by atoms with Gasteiger partial charge in [0.1, 0.15) is 0 Å². The molecule has 0 fully saturated rings. The van der Waals surface area contributed by atoms with E-state index in [1.165, 1.54) is 0 Å². The molecule has 0 amide bonds. The van der Waals surface area contributed by atoms with Crippen LogP contribution in [-0.2, 0) is 0 Å². The number of nitrogens with one attached hydrogen (secondary N) is 1. The highest BCUT2D eigenvalue weighted by Crippen LogP contribution is 2.24. The maximum atomic E-state index is 10.3. The van der Waals surface area contributed by atoms with E-state index in [4.69, 9.17) is 0 Å². The normalized spacial score (nSPS) is 17.3. The fourth-order valence-electron chi connectivity index (χ4n) is 2.44. The minimum absolute atomic E-state index is 0.0346. The van der Waals surface area contributed by atoms with Crippen LogP contribution in [0.3, 0.4) is 0 Å². The van der Waals surface area contributed by atoms with Crippen molar-refractivity contribution in [3.8, 4) is 0 Å². The zero-order valence-corrected chi connectivity index (χ0v) is 14.1. The van der Waals surface area contributed by atoms with Gasteiger partial charge >= 0.3 is 0 Å². The lowest BCUT2D eigenvalue weighted by atomic mass is 9.88. The van der Waals surface area contributed by atoms with E-state index in [1.54, 1.807) is 0 Å². The van der Waals surface area contributed by atoms with Crippen molar-refractivity contribution in [2.75, 3.05) is 13.1 Å². The van der Waals surface area contributed by atoms with Crippen LogP contribution in [0.1, 0.15) is 45.1 Å². The molecule has 0 spiro atoms. The summed E-state index contributed by atoms with van der Waals surface area (Å²) in [7, 11) is 0. The topological polar surface area (TPSA) is 52.5 Å². The quantitative estimate of drug-likeness (QED) is 0.460. The number of rotatable bonds is 10. The number of hydrogen-bond donors (Lipinski definition) is 3.